The van der Waals surface area contributed by atoms with Gasteiger partial charge in [-0.05, 0) is 19.0 Å². The first-order chi connectivity index (χ1) is 9.95. The van der Waals surface area contributed by atoms with Gasteiger partial charge in [-0.1, -0.05) is 25.1 Å². The average molecular weight is 301 g/mol. The third-order valence-corrected chi connectivity index (χ3v) is 3.57. The molecule has 0 saturated carbocycles. The Morgan fingerprint density at radius 3 is 2.71 bits per heavy atom. The van der Waals surface area contributed by atoms with Gasteiger partial charge in [-0.15, -0.1) is 0 Å². The van der Waals surface area contributed by atoms with Gasteiger partial charge in [0.2, 0.25) is 0 Å². The number of ketones is 1. The van der Waals surface area contributed by atoms with Crippen LogP contribution < -0.4 is 5.32 Å². The normalized spacial score (nSPS) is 22.5. The zero-order chi connectivity index (χ0) is 15.5. The molecule has 1 heterocycles. The highest BCUT2D eigenvalue weighted by molar-refractivity contribution is 6.00. The van der Waals surface area contributed by atoms with E-state index in [-0.39, 0.29) is 18.2 Å². The van der Waals surface area contributed by atoms with Gasteiger partial charge in [0, 0.05) is 11.6 Å². The molecule has 1 aliphatic rings. The molecule has 1 aromatic carbocycles. The molecule has 2 unspecified atom stereocenters. The summed E-state index contributed by atoms with van der Waals surface area (Å²) in [4.78, 5) is 12.5. The van der Waals surface area contributed by atoms with Gasteiger partial charge in [-0.3, -0.25) is 4.79 Å². The molecule has 0 aliphatic carbocycles. The molecule has 1 N–H and O–H groups in total. The number of halogens is 3. The molecule has 1 aromatic rings. The average Bonchev–Trinajstić information content (AvgIpc) is 2.91. The fourth-order valence-electron chi connectivity index (χ4n) is 2.49. The highest BCUT2D eigenvalue weighted by atomic mass is 19.4. The Kier molecular flexibility index (Phi) is 5.00. The SMILES string of the molecule is CCCNC1COCC1C(=O)c1ccccc1C(F)(F)F. The predicted molar refractivity (Wildman–Crippen MR) is 72.2 cm³/mol. The first-order valence-electron chi connectivity index (χ1n) is 6.96. The van der Waals surface area contributed by atoms with E-state index in [0.717, 1.165) is 12.5 Å². The summed E-state index contributed by atoms with van der Waals surface area (Å²) in [5.74, 6) is -1.07. The van der Waals surface area contributed by atoms with Crippen LogP contribution in [0.25, 0.3) is 0 Å². The lowest BCUT2D eigenvalue weighted by Gasteiger charge is -2.19. The first-order valence-corrected chi connectivity index (χ1v) is 6.96. The zero-order valence-electron chi connectivity index (χ0n) is 11.7. The van der Waals surface area contributed by atoms with Gasteiger partial charge in [-0.25, -0.2) is 0 Å². The van der Waals surface area contributed by atoms with Crippen molar-refractivity contribution in [2.75, 3.05) is 19.8 Å². The summed E-state index contributed by atoms with van der Waals surface area (Å²) in [6.45, 7) is 3.20. The van der Waals surface area contributed by atoms with E-state index in [0.29, 0.717) is 13.2 Å². The molecule has 2 rings (SSSR count). The van der Waals surface area contributed by atoms with Gasteiger partial charge < -0.3 is 10.1 Å². The minimum absolute atomic E-state index is 0.159. The van der Waals surface area contributed by atoms with Crippen LogP contribution in [0.3, 0.4) is 0 Å². The number of carbonyl (C=O) groups excluding carboxylic acids is 1. The van der Waals surface area contributed by atoms with Gasteiger partial charge in [0.05, 0.1) is 24.7 Å². The maximum atomic E-state index is 13.0. The summed E-state index contributed by atoms with van der Waals surface area (Å²) >= 11 is 0. The number of ether oxygens (including phenoxy) is 1. The second-order valence-electron chi connectivity index (χ2n) is 5.11. The Labute approximate surface area is 121 Å². The maximum Gasteiger partial charge on any atom is 0.417 e. The molecular weight excluding hydrogens is 283 g/mol. The predicted octanol–water partition coefficient (Wildman–Crippen LogP) is 2.90. The molecule has 21 heavy (non-hydrogen) atoms. The number of Topliss-reactive ketones (excluding diaryl/α,β-unsaturated/α-hetero) is 1. The first kappa shape index (κ1) is 16.0. The van der Waals surface area contributed by atoms with Gasteiger partial charge in [0.25, 0.3) is 0 Å². The Morgan fingerprint density at radius 1 is 1.33 bits per heavy atom. The number of rotatable bonds is 5. The summed E-state index contributed by atoms with van der Waals surface area (Å²) in [7, 11) is 0. The molecule has 0 amide bonds. The largest absolute Gasteiger partial charge is 0.417 e. The van der Waals surface area contributed by atoms with Crippen LogP contribution in [-0.4, -0.2) is 31.6 Å². The Bertz CT molecular complexity index is 502. The van der Waals surface area contributed by atoms with Crippen molar-refractivity contribution >= 4 is 5.78 Å². The standard InChI is InChI=1S/C15H18F3NO2/c1-2-7-19-13-9-21-8-11(13)14(20)10-5-3-4-6-12(10)15(16,17)18/h3-6,11,13,19H,2,7-9H2,1H3. The third-order valence-electron chi connectivity index (χ3n) is 3.57. The van der Waals surface area contributed by atoms with Crippen molar-refractivity contribution in [3.63, 3.8) is 0 Å². The number of nitrogens with one attached hydrogen (secondary N) is 1. The summed E-state index contributed by atoms with van der Waals surface area (Å²) in [5, 5.41) is 3.16. The molecule has 1 saturated heterocycles. The summed E-state index contributed by atoms with van der Waals surface area (Å²) < 4.78 is 44.3. The van der Waals surface area contributed by atoms with Crippen LogP contribution in [-0.2, 0) is 10.9 Å². The van der Waals surface area contributed by atoms with Crippen molar-refractivity contribution < 1.29 is 22.7 Å². The minimum Gasteiger partial charge on any atom is -0.379 e. The van der Waals surface area contributed by atoms with Crippen molar-refractivity contribution in [2.45, 2.75) is 25.6 Å². The zero-order valence-corrected chi connectivity index (χ0v) is 11.7. The van der Waals surface area contributed by atoms with Crippen LogP contribution in [0.2, 0.25) is 0 Å². The second kappa shape index (κ2) is 6.58. The molecule has 1 aliphatic heterocycles. The molecule has 0 spiro atoms. The van der Waals surface area contributed by atoms with Crippen molar-refractivity contribution in [3.8, 4) is 0 Å². The Balaban J connectivity index is 2.24. The van der Waals surface area contributed by atoms with E-state index >= 15 is 0 Å². The lowest BCUT2D eigenvalue weighted by atomic mass is 9.90. The topological polar surface area (TPSA) is 38.3 Å². The molecule has 0 bridgehead atoms. The van der Waals surface area contributed by atoms with Crippen LogP contribution in [0.1, 0.15) is 29.3 Å². The van der Waals surface area contributed by atoms with E-state index in [1.807, 2.05) is 6.92 Å². The van der Waals surface area contributed by atoms with Crippen LogP contribution in [0.5, 0.6) is 0 Å². The van der Waals surface area contributed by atoms with Crippen LogP contribution in [0.15, 0.2) is 24.3 Å². The van der Waals surface area contributed by atoms with Crippen molar-refractivity contribution in [2.24, 2.45) is 5.92 Å². The molecule has 1 fully saturated rings. The Morgan fingerprint density at radius 2 is 2.05 bits per heavy atom. The lowest BCUT2D eigenvalue weighted by molar-refractivity contribution is -0.137. The van der Waals surface area contributed by atoms with E-state index in [4.69, 9.17) is 4.74 Å². The Hall–Kier alpha value is -1.40. The van der Waals surface area contributed by atoms with Crippen LogP contribution >= 0.6 is 0 Å². The molecule has 6 heteroatoms. The molecule has 0 radical (unpaired) electrons. The maximum absolute atomic E-state index is 13.0. The molecule has 2 atom stereocenters. The fraction of sp³-hybridized carbons (Fsp3) is 0.533. The van der Waals surface area contributed by atoms with E-state index in [1.54, 1.807) is 0 Å². The lowest BCUT2D eigenvalue weighted by Crippen LogP contribution is -2.40. The van der Waals surface area contributed by atoms with Crippen LogP contribution in [0, 0.1) is 5.92 Å². The quantitative estimate of drug-likeness (QED) is 0.850. The molecular formula is C15H18F3NO2. The van der Waals surface area contributed by atoms with Crippen molar-refractivity contribution in [3.05, 3.63) is 35.4 Å². The van der Waals surface area contributed by atoms with Gasteiger partial charge in [-0.2, -0.15) is 13.2 Å². The molecule has 3 nitrogen and oxygen atoms in total. The minimum atomic E-state index is -4.53. The fourth-order valence-corrected chi connectivity index (χ4v) is 2.49. The summed E-state index contributed by atoms with van der Waals surface area (Å²) in [5.41, 5.74) is -1.15. The summed E-state index contributed by atoms with van der Waals surface area (Å²) in [6.07, 6.45) is -3.64. The summed E-state index contributed by atoms with van der Waals surface area (Å²) in [6, 6.07) is 4.70. The smallest absolute Gasteiger partial charge is 0.379 e. The molecule has 116 valence electrons. The van der Waals surface area contributed by atoms with Crippen molar-refractivity contribution in [1.82, 2.24) is 5.32 Å². The number of carbonyl (C=O) groups is 1. The van der Waals surface area contributed by atoms with Crippen molar-refractivity contribution in [1.29, 1.82) is 0 Å². The second-order valence-corrected chi connectivity index (χ2v) is 5.11. The molecule has 0 aromatic heterocycles. The van der Waals surface area contributed by atoms with E-state index in [1.165, 1.54) is 18.2 Å². The number of benzene rings is 1. The number of alkyl halides is 3. The highest BCUT2D eigenvalue weighted by Crippen LogP contribution is 2.33. The third kappa shape index (κ3) is 3.63. The number of hydrogen-bond donors (Lipinski definition) is 1. The monoisotopic (exact) mass is 301 g/mol. The van der Waals surface area contributed by atoms with E-state index in [2.05, 4.69) is 5.32 Å². The highest BCUT2D eigenvalue weighted by Gasteiger charge is 2.39. The van der Waals surface area contributed by atoms with E-state index < -0.39 is 23.4 Å². The van der Waals surface area contributed by atoms with Crippen LogP contribution in [0.4, 0.5) is 13.2 Å². The number of hydrogen-bond acceptors (Lipinski definition) is 3. The van der Waals surface area contributed by atoms with E-state index in [9.17, 15) is 18.0 Å². The van der Waals surface area contributed by atoms with Gasteiger partial charge >= 0.3 is 6.18 Å². The van der Waals surface area contributed by atoms with Gasteiger partial charge in [0.15, 0.2) is 5.78 Å². The van der Waals surface area contributed by atoms with Gasteiger partial charge in [0.1, 0.15) is 0 Å².